The first-order chi connectivity index (χ1) is 9.28. The summed E-state index contributed by atoms with van der Waals surface area (Å²) in [5.41, 5.74) is 3.03. The van der Waals surface area contributed by atoms with Crippen molar-refractivity contribution < 1.29 is 4.74 Å². The van der Waals surface area contributed by atoms with Gasteiger partial charge in [0, 0.05) is 26.0 Å². The van der Waals surface area contributed by atoms with E-state index >= 15 is 0 Å². The highest BCUT2D eigenvalue weighted by atomic mass is 35.5. The highest BCUT2D eigenvalue weighted by Crippen LogP contribution is 2.22. The standard InChI is InChI=1S/C14H18ClN3O/c1-10-6-12-14(16-8-10)18(13(7-15)17-12)9-11-2-4-19-5-3-11/h6,8,11H,2-5,7,9H2,1H3. The monoisotopic (exact) mass is 279 g/mol. The summed E-state index contributed by atoms with van der Waals surface area (Å²) in [4.78, 5) is 9.12. The number of hydrogen-bond acceptors (Lipinski definition) is 3. The van der Waals surface area contributed by atoms with Crippen LogP contribution in [0.3, 0.4) is 0 Å². The third-order valence-electron chi connectivity index (χ3n) is 3.70. The van der Waals surface area contributed by atoms with Crippen LogP contribution in [0.25, 0.3) is 11.2 Å². The largest absolute Gasteiger partial charge is 0.381 e. The Morgan fingerprint density at radius 3 is 2.95 bits per heavy atom. The first-order valence-corrected chi connectivity index (χ1v) is 7.27. The van der Waals surface area contributed by atoms with Gasteiger partial charge < -0.3 is 9.30 Å². The highest BCUT2D eigenvalue weighted by Gasteiger charge is 2.18. The van der Waals surface area contributed by atoms with E-state index in [9.17, 15) is 0 Å². The van der Waals surface area contributed by atoms with E-state index in [2.05, 4.69) is 20.6 Å². The first kappa shape index (κ1) is 12.9. The number of pyridine rings is 1. The molecule has 3 rings (SSSR count). The normalized spacial score (nSPS) is 17.2. The van der Waals surface area contributed by atoms with Crippen molar-refractivity contribution in [1.82, 2.24) is 14.5 Å². The number of ether oxygens (including phenoxy) is 1. The SMILES string of the molecule is Cc1cnc2c(c1)nc(CCl)n2CC1CCOCC1. The second-order valence-electron chi connectivity index (χ2n) is 5.18. The van der Waals surface area contributed by atoms with E-state index in [1.54, 1.807) is 0 Å². The molecule has 0 atom stereocenters. The molecule has 0 saturated carbocycles. The maximum atomic E-state index is 6.03. The summed E-state index contributed by atoms with van der Waals surface area (Å²) in [6.07, 6.45) is 4.10. The Kier molecular flexibility index (Phi) is 3.71. The van der Waals surface area contributed by atoms with E-state index in [1.807, 2.05) is 13.1 Å². The number of aryl methyl sites for hydroxylation is 1. The number of fused-ring (bicyclic) bond motifs is 1. The summed E-state index contributed by atoms with van der Waals surface area (Å²) < 4.78 is 7.59. The van der Waals surface area contributed by atoms with Crippen molar-refractivity contribution in [3.63, 3.8) is 0 Å². The predicted octanol–water partition coefficient (Wildman–Crippen LogP) is 2.91. The quantitative estimate of drug-likeness (QED) is 0.811. The predicted molar refractivity (Wildman–Crippen MR) is 75.4 cm³/mol. The van der Waals surface area contributed by atoms with Crippen LogP contribution in [0.1, 0.15) is 24.2 Å². The van der Waals surface area contributed by atoms with Crippen molar-refractivity contribution in [2.45, 2.75) is 32.2 Å². The van der Waals surface area contributed by atoms with Crippen LogP contribution in [-0.4, -0.2) is 27.7 Å². The Morgan fingerprint density at radius 2 is 2.21 bits per heavy atom. The lowest BCUT2D eigenvalue weighted by atomic mass is 10.0. The van der Waals surface area contributed by atoms with E-state index in [0.717, 1.165) is 55.2 Å². The van der Waals surface area contributed by atoms with E-state index in [4.69, 9.17) is 16.3 Å². The molecule has 0 unspecified atom stereocenters. The van der Waals surface area contributed by atoms with Crippen LogP contribution in [0.15, 0.2) is 12.3 Å². The zero-order valence-corrected chi connectivity index (χ0v) is 11.9. The maximum Gasteiger partial charge on any atom is 0.160 e. The van der Waals surface area contributed by atoms with Crippen LogP contribution in [0, 0.1) is 12.8 Å². The van der Waals surface area contributed by atoms with Crippen LogP contribution >= 0.6 is 11.6 Å². The van der Waals surface area contributed by atoms with Gasteiger partial charge in [0.05, 0.1) is 5.88 Å². The summed E-state index contributed by atoms with van der Waals surface area (Å²) in [7, 11) is 0. The molecule has 0 aromatic carbocycles. The molecule has 0 N–H and O–H groups in total. The van der Waals surface area contributed by atoms with E-state index in [0.29, 0.717) is 11.8 Å². The van der Waals surface area contributed by atoms with Crippen molar-refractivity contribution in [2.24, 2.45) is 5.92 Å². The van der Waals surface area contributed by atoms with Crippen LogP contribution in [0.5, 0.6) is 0 Å². The molecule has 3 heterocycles. The van der Waals surface area contributed by atoms with Crippen LogP contribution in [0.4, 0.5) is 0 Å². The summed E-state index contributed by atoms with van der Waals surface area (Å²) in [5.74, 6) is 1.98. The molecule has 102 valence electrons. The van der Waals surface area contributed by atoms with Gasteiger partial charge in [0.25, 0.3) is 0 Å². The van der Waals surface area contributed by atoms with Crippen LogP contribution in [-0.2, 0) is 17.2 Å². The van der Waals surface area contributed by atoms with Crippen molar-refractivity contribution >= 4 is 22.8 Å². The lowest BCUT2D eigenvalue weighted by molar-refractivity contribution is 0.0613. The smallest absolute Gasteiger partial charge is 0.160 e. The van der Waals surface area contributed by atoms with Crippen molar-refractivity contribution in [1.29, 1.82) is 0 Å². The molecule has 19 heavy (non-hydrogen) atoms. The van der Waals surface area contributed by atoms with Gasteiger partial charge in [0.2, 0.25) is 0 Å². The van der Waals surface area contributed by atoms with Gasteiger partial charge in [-0.05, 0) is 37.3 Å². The summed E-state index contributed by atoms with van der Waals surface area (Å²) in [6.45, 7) is 4.70. The first-order valence-electron chi connectivity index (χ1n) is 6.73. The molecule has 1 aliphatic heterocycles. The van der Waals surface area contributed by atoms with Gasteiger partial charge in [-0.3, -0.25) is 0 Å². The van der Waals surface area contributed by atoms with Gasteiger partial charge in [-0.25, -0.2) is 9.97 Å². The lowest BCUT2D eigenvalue weighted by Gasteiger charge is -2.23. The third kappa shape index (κ3) is 2.60. The van der Waals surface area contributed by atoms with Crippen molar-refractivity contribution in [3.05, 3.63) is 23.7 Å². The fourth-order valence-corrected chi connectivity index (χ4v) is 2.84. The Labute approximate surface area is 117 Å². The third-order valence-corrected chi connectivity index (χ3v) is 3.94. The number of rotatable bonds is 3. The number of aromatic nitrogens is 3. The zero-order chi connectivity index (χ0) is 13.2. The van der Waals surface area contributed by atoms with E-state index < -0.39 is 0 Å². The van der Waals surface area contributed by atoms with Crippen LogP contribution < -0.4 is 0 Å². The van der Waals surface area contributed by atoms with Gasteiger partial charge >= 0.3 is 0 Å². The fraction of sp³-hybridized carbons (Fsp3) is 0.571. The number of hydrogen-bond donors (Lipinski definition) is 0. The van der Waals surface area contributed by atoms with Gasteiger partial charge in [-0.15, -0.1) is 11.6 Å². The van der Waals surface area contributed by atoms with E-state index in [-0.39, 0.29) is 0 Å². The summed E-state index contributed by atoms with van der Waals surface area (Å²) in [6, 6.07) is 2.07. The van der Waals surface area contributed by atoms with Crippen molar-refractivity contribution in [2.75, 3.05) is 13.2 Å². The second-order valence-corrected chi connectivity index (χ2v) is 5.45. The second kappa shape index (κ2) is 5.47. The molecular weight excluding hydrogens is 262 g/mol. The molecule has 5 heteroatoms. The topological polar surface area (TPSA) is 39.9 Å². The Hall–Kier alpha value is -1.13. The van der Waals surface area contributed by atoms with Crippen molar-refractivity contribution in [3.8, 4) is 0 Å². The molecular formula is C14H18ClN3O. The molecule has 0 amide bonds. The average molecular weight is 280 g/mol. The molecule has 2 aromatic heterocycles. The molecule has 0 bridgehead atoms. The number of halogens is 1. The molecule has 4 nitrogen and oxygen atoms in total. The fourth-order valence-electron chi connectivity index (χ4n) is 2.64. The highest BCUT2D eigenvalue weighted by molar-refractivity contribution is 6.16. The van der Waals surface area contributed by atoms with Gasteiger partial charge in [0.1, 0.15) is 11.3 Å². The molecule has 2 aromatic rings. The van der Waals surface area contributed by atoms with Gasteiger partial charge in [-0.1, -0.05) is 0 Å². The van der Waals surface area contributed by atoms with E-state index in [1.165, 1.54) is 0 Å². The average Bonchev–Trinajstić information content (AvgIpc) is 2.77. The summed E-state index contributed by atoms with van der Waals surface area (Å²) in [5, 5.41) is 0. The van der Waals surface area contributed by atoms with Gasteiger partial charge in [-0.2, -0.15) is 0 Å². The zero-order valence-electron chi connectivity index (χ0n) is 11.1. The Bertz CT molecular complexity index is 575. The Morgan fingerprint density at radius 1 is 1.42 bits per heavy atom. The molecule has 1 saturated heterocycles. The number of imidazole rings is 1. The summed E-state index contributed by atoms with van der Waals surface area (Å²) >= 11 is 6.03. The molecule has 0 radical (unpaired) electrons. The molecule has 0 aliphatic carbocycles. The van der Waals surface area contributed by atoms with Crippen LogP contribution in [0.2, 0.25) is 0 Å². The Balaban J connectivity index is 1.95. The minimum Gasteiger partial charge on any atom is -0.381 e. The number of nitrogens with zero attached hydrogens (tertiary/aromatic N) is 3. The minimum absolute atomic E-state index is 0.429. The molecule has 0 spiro atoms. The van der Waals surface area contributed by atoms with Gasteiger partial charge in [0.15, 0.2) is 5.65 Å². The number of alkyl halides is 1. The minimum atomic E-state index is 0.429. The maximum absolute atomic E-state index is 6.03. The molecule has 1 fully saturated rings. The molecule has 1 aliphatic rings. The lowest BCUT2D eigenvalue weighted by Crippen LogP contribution is -2.21.